The summed E-state index contributed by atoms with van der Waals surface area (Å²) in [4.78, 5) is 0. The van der Waals surface area contributed by atoms with Crippen LogP contribution in [0.2, 0.25) is 0 Å². The fraction of sp³-hybridized carbons (Fsp3) is 0.714. The summed E-state index contributed by atoms with van der Waals surface area (Å²) in [5, 5.41) is 3.53. The molecule has 1 aromatic rings. The fourth-order valence-corrected chi connectivity index (χ4v) is 2.96. The molecule has 0 spiro atoms. The Kier molecular flexibility index (Phi) is 7.08. The van der Waals surface area contributed by atoms with Crippen LogP contribution in [-0.4, -0.2) is 13.1 Å². The fourth-order valence-electron chi connectivity index (χ4n) is 2.35. The minimum Gasteiger partial charge on any atom is -0.451 e. The van der Waals surface area contributed by atoms with Crippen LogP contribution in [0.25, 0.3) is 0 Å². The van der Waals surface area contributed by atoms with Gasteiger partial charge in [-0.2, -0.15) is 0 Å². The summed E-state index contributed by atoms with van der Waals surface area (Å²) in [6, 6.07) is 2.02. The summed E-state index contributed by atoms with van der Waals surface area (Å²) in [5.74, 6) is 2.81. The van der Waals surface area contributed by atoms with Crippen LogP contribution in [0.5, 0.6) is 0 Å². The van der Waals surface area contributed by atoms with E-state index in [1.807, 2.05) is 6.07 Å². The van der Waals surface area contributed by atoms with Crippen molar-refractivity contribution >= 4 is 31.9 Å². The van der Waals surface area contributed by atoms with Crippen LogP contribution in [0.15, 0.2) is 19.6 Å². The van der Waals surface area contributed by atoms with E-state index in [0.29, 0.717) is 29.0 Å². The highest BCUT2D eigenvalue weighted by molar-refractivity contribution is 9.13. The van der Waals surface area contributed by atoms with Crippen LogP contribution in [0.4, 0.5) is 0 Å². The lowest BCUT2D eigenvalue weighted by Crippen LogP contribution is -2.35. The highest BCUT2D eigenvalue weighted by Gasteiger charge is 2.21. The van der Waals surface area contributed by atoms with E-state index in [2.05, 4.69) is 64.9 Å². The number of rotatable bonds is 7. The Bertz CT molecular complexity index is 363. The lowest BCUT2D eigenvalue weighted by atomic mass is 9.85. The average molecular weight is 396 g/mol. The van der Waals surface area contributed by atoms with Gasteiger partial charge >= 0.3 is 0 Å². The molecule has 0 aromatic carbocycles. The van der Waals surface area contributed by atoms with Gasteiger partial charge in [-0.3, -0.25) is 0 Å². The van der Waals surface area contributed by atoms with Gasteiger partial charge in [0.2, 0.25) is 0 Å². The standard InChI is InChI=1S/C14H24Br2N2O/c1-8(2)10(9(3)4)7-18-12(6-17)13-5-11(15)14(16)19-13/h5,8-10,12,18H,6-7,17H2,1-4H3. The molecule has 0 radical (unpaired) electrons. The molecule has 1 atom stereocenters. The molecule has 3 nitrogen and oxygen atoms in total. The number of furan rings is 1. The molecule has 1 unspecified atom stereocenters. The van der Waals surface area contributed by atoms with Crippen LogP contribution in [0.3, 0.4) is 0 Å². The molecule has 110 valence electrons. The van der Waals surface area contributed by atoms with Crippen LogP contribution in [0.1, 0.15) is 39.5 Å². The van der Waals surface area contributed by atoms with Gasteiger partial charge in [0.25, 0.3) is 0 Å². The Hall–Kier alpha value is 0.160. The van der Waals surface area contributed by atoms with Crippen molar-refractivity contribution in [3.63, 3.8) is 0 Å². The van der Waals surface area contributed by atoms with Crippen molar-refractivity contribution in [3.05, 3.63) is 21.0 Å². The molecule has 0 bridgehead atoms. The number of hydrogen-bond donors (Lipinski definition) is 2. The van der Waals surface area contributed by atoms with Crippen molar-refractivity contribution in [2.75, 3.05) is 13.1 Å². The van der Waals surface area contributed by atoms with Crippen LogP contribution >= 0.6 is 31.9 Å². The quantitative estimate of drug-likeness (QED) is 0.722. The first-order valence-corrected chi connectivity index (χ1v) is 8.33. The minimum absolute atomic E-state index is 0.0580. The molecule has 19 heavy (non-hydrogen) atoms. The van der Waals surface area contributed by atoms with E-state index in [4.69, 9.17) is 10.2 Å². The summed E-state index contributed by atoms with van der Waals surface area (Å²) in [6.45, 7) is 10.5. The minimum atomic E-state index is 0.0580. The average Bonchev–Trinajstić information content (AvgIpc) is 2.64. The Morgan fingerprint density at radius 3 is 2.16 bits per heavy atom. The normalized spacial score (nSPS) is 13.8. The van der Waals surface area contributed by atoms with Gasteiger partial charge in [0.1, 0.15) is 5.76 Å². The van der Waals surface area contributed by atoms with Gasteiger partial charge in [-0.05, 0) is 62.2 Å². The first-order valence-electron chi connectivity index (χ1n) is 6.75. The van der Waals surface area contributed by atoms with Crippen LogP contribution < -0.4 is 11.1 Å². The van der Waals surface area contributed by atoms with Crippen LogP contribution in [0, 0.1) is 17.8 Å². The van der Waals surface area contributed by atoms with E-state index in [1.165, 1.54) is 0 Å². The smallest absolute Gasteiger partial charge is 0.183 e. The molecule has 3 N–H and O–H groups in total. The van der Waals surface area contributed by atoms with Crippen molar-refractivity contribution in [1.82, 2.24) is 5.32 Å². The summed E-state index contributed by atoms with van der Waals surface area (Å²) < 4.78 is 7.29. The SMILES string of the molecule is CC(C)C(CNC(CN)c1cc(Br)c(Br)o1)C(C)C. The zero-order valence-electron chi connectivity index (χ0n) is 12.0. The monoisotopic (exact) mass is 394 g/mol. The van der Waals surface area contributed by atoms with E-state index in [-0.39, 0.29) is 6.04 Å². The third-order valence-corrected chi connectivity index (χ3v) is 5.27. The molecule has 5 heteroatoms. The van der Waals surface area contributed by atoms with Gasteiger partial charge in [0.15, 0.2) is 4.67 Å². The molecule has 0 aliphatic carbocycles. The summed E-state index contributed by atoms with van der Waals surface area (Å²) in [6.07, 6.45) is 0. The molecular formula is C14H24Br2N2O. The maximum Gasteiger partial charge on any atom is 0.183 e. The molecule has 0 fully saturated rings. The topological polar surface area (TPSA) is 51.2 Å². The van der Waals surface area contributed by atoms with Gasteiger partial charge in [-0.15, -0.1) is 0 Å². The highest BCUT2D eigenvalue weighted by Crippen LogP contribution is 2.30. The van der Waals surface area contributed by atoms with Crippen molar-refractivity contribution in [1.29, 1.82) is 0 Å². The molecule has 1 rings (SSSR count). The van der Waals surface area contributed by atoms with Gasteiger partial charge in [-0.1, -0.05) is 27.7 Å². The molecule has 0 saturated carbocycles. The van der Waals surface area contributed by atoms with E-state index in [0.717, 1.165) is 16.8 Å². The predicted octanol–water partition coefficient (Wildman–Crippen LogP) is 4.32. The number of hydrogen-bond acceptors (Lipinski definition) is 3. The predicted molar refractivity (Wildman–Crippen MR) is 87.1 cm³/mol. The van der Waals surface area contributed by atoms with E-state index in [9.17, 15) is 0 Å². The third kappa shape index (κ3) is 4.88. The molecular weight excluding hydrogens is 372 g/mol. The maximum absolute atomic E-state index is 5.85. The molecule has 0 aliphatic heterocycles. The number of nitrogens with one attached hydrogen (secondary N) is 1. The van der Waals surface area contributed by atoms with Crippen LogP contribution in [-0.2, 0) is 0 Å². The van der Waals surface area contributed by atoms with Crippen molar-refractivity contribution in [2.45, 2.75) is 33.7 Å². The number of halogens is 2. The lowest BCUT2D eigenvalue weighted by Gasteiger charge is -2.27. The van der Waals surface area contributed by atoms with Gasteiger partial charge in [0, 0.05) is 6.54 Å². The van der Waals surface area contributed by atoms with E-state index < -0.39 is 0 Å². The van der Waals surface area contributed by atoms with Crippen molar-refractivity contribution in [3.8, 4) is 0 Å². The maximum atomic E-state index is 5.85. The number of nitrogens with two attached hydrogens (primary N) is 1. The van der Waals surface area contributed by atoms with E-state index in [1.54, 1.807) is 0 Å². The zero-order chi connectivity index (χ0) is 14.6. The second-order valence-electron chi connectivity index (χ2n) is 5.62. The Morgan fingerprint density at radius 1 is 1.21 bits per heavy atom. The Balaban J connectivity index is 2.67. The first-order chi connectivity index (χ1) is 8.86. The molecule has 1 aromatic heterocycles. The lowest BCUT2D eigenvalue weighted by molar-refractivity contribution is 0.259. The molecule has 0 amide bonds. The Morgan fingerprint density at radius 2 is 1.79 bits per heavy atom. The second-order valence-corrected chi connectivity index (χ2v) is 7.19. The summed E-state index contributed by atoms with van der Waals surface area (Å²) in [5.41, 5.74) is 5.85. The highest BCUT2D eigenvalue weighted by atomic mass is 79.9. The second kappa shape index (κ2) is 7.81. The molecule has 0 aliphatic rings. The van der Waals surface area contributed by atoms with E-state index >= 15 is 0 Å². The third-order valence-electron chi connectivity index (χ3n) is 3.56. The van der Waals surface area contributed by atoms with Gasteiger partial charge in [-0.25, -0.2) is 0 Å². The van der Waals surface area contributed by atoms with Gasteiger partial charge in [0.05, 0.1) is 10.5 Å². The summed E-state index contributed by atoms with van der Waals surface area (Å²) >= 11 is 6.79. The largest absolute Gasteiger partial charge is 0.451 e. The van der Waals surface area contributed by atoms with Crippen molar-refractivity contribution in [2.24, 2.45) is 23.5 Å². The van der Waals surface area contributed by atoms with Gasteiger partial charge < -0.3 is 15.5 Å². The first kappa shape index (κ1) is 17.2. The molecule has 1 heterocycles. The summed E-state index contributed by atoms with van der Waals surface area (Å²) in [7, 11) is 0. The Labute approximate surface area is 133 Å². The molecule has 0 saturated heterocycles. The van der Waals surface area contributed by atoms with Crippen molar-refractivity contribution < 1.29 is 4.42 Å². The zero-order valence-corrected chi connectivity index (χ0v) is 15.2.